The molecule has 0 heterocycles. The zero-order valence-corrected chi connectivity index (χ0v) is 4.59. The SMILES string of the molecule is FC(F)OC(Cl)Cl. The monoisotopic (exact) mass is 150 g/mol. The minimum absolute atomic E-state index is 1.43. The molecule has 0 bridgehead atoms. The highest BCUT2D eigenvalue weighted by Gasteiger charge is 2.06. The molecule has 0 N–H and O–H groups in total. The van der Waals surface area contributed by atoms with E-state index in [1.807, 2.05) is 0 Å². The van der Waals surface area contributed by atoms with Crippen LogP contribution in [0.1, 0.15) is 0 Å². The molecule has 5 heteroatoms. The van der Waals surface area contributed by atoms with Gasteiger partial charge in [0.25, 0.3) is 0 Å². The largest absolute Gasteiger partial charge is 0.347 e. The van der Waals surface area contributed by atoms with E-state index in [1.165, 1.54) is 0 Å². The fourth-order valence-corrected chi connectivity index (χ4v) is 0.233. The number of halogens is 4. The van der Waals surface area contributed by atoms with E-state index in [0.717, 1.165) is 0 Å². The van der Waals surface area contributed by atoms with Crippen molar-refractivity contribution >= 4 is 23.2 Å². The van der Waals surface area contributed by atoms with Gasteiger partial charge in [0.2, 0.25) is 5.02 Å². The first-order chi connectivity index (χ1) is 3.13. The van der Waals surface area contributed by atoms with Gasteiger partial charge < -0.3 is 0 Å². The lowest BCUT2D eigenvalue weighted by molar-refractivity contribution is -0.123. The molecule has 44 valence electrons. The van der Waals surface area contributed by atoms with Gasteiger partial charge in [0.15, 0.2) is 0 Å². The van der Waals surface area contributed by atoms with E-state index >= 15 is 0 Å². The maximum absolute atomic E-state index is 10.9. The third-order valence-electron chi connectivity index (χ3n) is 0.206. The topological polar surface area (TPSA) is 9.23 Å². The van der Waals surface area contributed by atoms with Crippen molar-refractivity contribution in [2.75, 3.05) is 0 Å². The lowest BCUT2D eigenvalue weighted by Crippen LogP contribution is -2.01. The van der Waals surface area contributed by atoms with Crippen LogP contribution in [0.5, 0.6) is 0 Å². The van der Waals surface area contributed by atoms with Crippen LogP contribution >= 0.6 is 23.2 Å². The Morgan fingerprint density at radius 2 is 1.71 bits per heavy atom. The Hall–Kier alpha value is 0.400. The second kappa shape index (κ2) is 3.41. The first-order valence-corrected chi connectivity index (χ1v) is 2.22. The van der Waals surface area contributed by atoms with Crippen molar-refractivity contribution < 1.29 is 13.5 Å². The smallest absolute Gasteiger partial charge is 0.289 e. The lowest BCUT2D eigenvalue weighted by Gasteiger charge is -1.98. The molecule has 7 heavy (non-hydrogen) atoms. The van der Waals surface area contributed by atoms with E-state index in [2.05, 4.69) is 4.74 Å². The van der Waals surface area contributed by atoms with Crippen molar-refractivity contribution in [2.45, 2.75) is 11.6 Å². The summed E-state index contributed by atoms with van der Waals surface area (Å²) in [4.78, 5) is 0. The summed E-state index contributed by atoms with van der Waals surface area (Å²) < 4.78 is 25.2. The Kier molecular flexibility index (Phi) is 3.60. The molecule has 0 aliphatic heterocycles. The number of hydrogen-bond donors (Lipinski definition) is 0. The average Bonchev–Trinajstić information content (AvgIpc) is 1.27. The average molecular weight is 151 g/mol. The van der Waals surface area contributed by atoms with Crippen LogP contribution in [0.4, 0.5) is 8.78 Å². The number of hydrogen-bond acceptors (Lipinski definition) is 1. The van der Waals surface area contributed by atoms with Gasteiger partial charge in [-0.1, -0.05) is 23.2 Å². The fraction of sp³-hybridized carbons (Fsp3) is 1.00. The quantitative estimate of drug-likeness (QED) is 0.548. The molecule has 1 nitrogen and oxygen atoms in total. The Morgan fingerprint density at radius 1 is 1.29 bits per heavy atom. The molecular weight excluding hydrogens is 149 g/mol. The number of ether oxygens (including phenoxy) is 1. The first-order valence-electron chi connectivity index (χ1n) is 1.34. The molecule has 0 rings (SSSR count). The summed E-state index contributed by atoms with van der Waals surface area (Å²) in [6.45, 7) is -2.89. The lowest BCUT2D eigenvalue weighted by atomic mass is 11.4. The van der Waals surface area contributed by atoms with Gasteiger partial charge in [0, 0.05) is 0 Å². The van der Waals surface area contributed by atoms with Crippen LogP contribution < -0.4 is 0 Å². The highest BCUT2D eigenvalue weighted by Crippen LogP contribution is 2.08. The summed E-state index contributed by atoms with van der Waals surface area (Å²) in [6.07, 6.45) is 0. The first kappa shape index (κ1) is 7.40. The maximum atomic E-state index is 10.9. The highest BCUT2D eigenvalue weighted by atomic mass is 35.5. The molecule has 0 radical (unpaired) electrons. The molecule has 0 aromatic heterocycles. The third kappa shape index (κ3) is 6.40. The summed E-state index contributed by atoms with van der Waals surface area (Å²) >= 11 is 9.47. The highest BCUT2D eigenvalue weighted by molar-refractivity contribution is 6.43. The second-order valence-corrected chi connectivity index (χ2v) is 1.67. The van der Waals surface area contributed by atoms with Gasteiger partial charge in [-0.25, -0.2) is 0 Å². The van der Waals surface area contributed by atoms with Crippen molar-refractivity contribution in [1.82, 2.24) is 0 Å². The van der Waals surface area contributed by atoms with Crippen molar-refractivity contribution in [3.05, 3.63) is 0 Å². The Morgan fingerprint density at radius 3 is 1.71 bits per heavy atom. The van der Waals surface area contributed by atoms with E-state index in [4.69, 9.17) is 23.2 Å². The second-order valence-electron chi connectivity index (χ2n) is 0.657. The normalized spacial score (nSPS) is 11.1. The van der Waals surface area contributed by atoms with Gasteiger partial charge in [-0.2, -0.15) is 8.78 Å². The van der Waals surface area contributed by atoms with E-state index < -0.39 is 11.6 Å². The zero-order valence-electron chi connectivity index (χ0n) is 3.07. The molecule has 0 aromatic rings. The fourth-order valence-electron chi connectivity index (χ4n) is 0.0778. The molecule has 0 aliphatic carbocycles. The number of alkyl halides is 4. The standard InChI is InChI=1S/C2H2Cl2F2O/c3-1(4)7-2(5)6/h1-2H. The van der Waals surface area contributed by atoms with Crippen LogP contribution in [0, 0.1) is 0 Å². The van der Waals surface area contributed by atoms with Gasteiger partial charge >= 0.3 is 6.61 Å². The maximum Gasteiger partial charge on any atom is 0.347 e. The van der Waals surface area contributed by atoms with Crippen molar-refractivity contribution in [3.63, 3.8) is 0 Å². The van der Waals surface area contributed by atoms with Crippen LogP contribution in [-0.4, -0.2) is 11.6 Å². The summed E-state index contributed by atoms with van der Waals surface area (Å²) in [6, 6.07) is 0. The molecule has 0 atom stereocenters. The van der Waals surface area contributed by atoms with Crippen molar-refractivity contribution in [1.29, 1.82) is 0 Å². The molecule has 0 fully saturated rings. The Bertz CT molecular complexity index is 43.0. The summed E-state index contributed by atoms with van der Waals surface area (Å²) in [7, 11) is 0. The van der Waals surface area contributed by atoms with E-state index in [9.17, 15) is 8.78 Å². The van der Waals surface area contributed by atoms with E-state index in [-0.39, 0.29) is 0 Å². The van der Waals surface area contributed by atoms with Crippen molar-refractivity contribution in [2.24, 2.45) is 0 Å². The van der Waals surface area contributed by atoms with Gasteiger partial charge in [0.05, 0.1) is 0 Å². The van der Waals surface area contributed by atoms with Gasteiger partial charge in [-0.05, 0) is 0 Å². The van der Waals surface area contributed by atoms with Crippen LogP contribution in [0.2, 0.25) is 0 Å². The summed E-state index contributed by atoms with van der Waals surface area (Å²) in [5.74, 6) is 0. The Labute approximate surface area is 49.2 Å². The van der Waals surface area contributed by atoms with Gasteiger partial charge in [0.1, 0.15) is 0 Å². The molecule has 0 amide bonds. The van der Waals surface area contributed by atoms with Crippen LogP contribution in [0.15, 0.2) is 0 Å². The Balaban J connectivity index is 2.95. The molecule has 0 saturated carbocycles. The zero-order chi connectivity index (χ0) is 5.86. The van der Waals surface area contributed by atoms with Gasteiger partial charge in [-0.3, -0.25) is 4.74 Å². The van der Waals surface area contributed by atoms with Gasteiger partial charge in [-0.15, -0.1) is 0 Å². The van der Waals surface area contributed by atoms with Crippen LogP contribution in [0.25, 0.3) is 0 Å². The third-order valence-corrected chi connectivity index (χ3v) is 0.411. The molecule has 0 spiro atoms. The van der Waals surface area contributed by atoms with Crippen LogP contribution in [-0.2, 0) is 4.74 Å². The molecule has 0 saturated heterocycles. The summed E-state index contributed by atoms with van der Waals surface area (Å²) in [5, 5.41) is -1.43. The minimum Gasteiger partial charge on any atom is -0.289 e. The summed E-state index contributed by atoms with van der Waals surface area (Å²) in [5.41, 5.74) is 0. The van der Waals surface area contributed by atoms with E-state index in [0.29, 0.717) is 0 Å². The minimum atomic E-state index is -2.89. The molecule has 0 aromatic carbocycles. The predicted octanol–water partition coefficient (Wildman–Crippen LogP) is 1.99. The predicted molar refractivity (Wildman–Crippen MR) is 22.6 cm³/mol. The van der Waals surface area contributed by atoms with E-state index in [1.54, 1.807) is 0 Å². The van der Waals surface area contributed by atoms with Crippen molar-refractivity contribution in [3.8, 4) is 0 Å². The van der Waals surface area contributed by atoms with Crippen LogP contribution in [0.3, 0.4) is 0 Å². The molecule has 0 unspecified atom stereocenters. The molecule has 0 aliphatic rings. The number of rotatable bonds is 2. The molecular formula is C2H2Cl2F2O.